The molecule has 32 heavy (non-hydrogen) atoms. The maximum Gasteiger partial charge on any atom is 0.331 e. The molecule has 3 aromatic rings. The van der Waals surface area contributed by atoms with Crippen molar-refractivity contribution in [2.24, 2.45) is 0 Å². The first-order valence-corrected chi connectivity index (χ1v) is 10.8. The number of allylic oxidation sites excluding steroid dienone is 2. The lowest BCUT2D eigenvalue weighted by atomic mass is 9.99. The van der Waals surface area contributed by atoms with Crippen molar-refractivity contribution in [3.05, 3.63) is 118 Å². The van der Waals surface area contributed by atoms with Gasteiger partial charge in [0.15, 0.2) is 0 Å². The Balaban J connectivity index is 1.81. The average molecular weight is 427 g/mol. The van der Waals surface area contributed by atoms with Crippen LogP contribution in [0.1, 0.15) is 41.7 Å². The summed E-state index contributed by atoms with van der Waals surface area (Å²) in [5, 5.41) is 0. The zero-order chi connectivity index (χ0) is 22.8. The zero-order valence-electron chi connectivity index (χ0n) is 19.0. The SMILES string of the molecule is CC(C)=CCc1c(C)ccc(/C=C\C(=O)OCc2ccccc2)c1OCc1ccccc1. The first-order valence-electron chi connectivity index (χ1n) is 10.8. The van der Waals surface area contributed by atoms with E-state index in [1.54, 1.807) is 6.08 Å². The topological polar surface area (TPSA) is 35.5 Å². The van der Waals surface area contributed by atoms with Crippen LogP contribution in [0.4, 0.5) is 0 Å². The van der Waals surface area contributed by atoms with Crippen molar-refractivity contribution < 1.29 is 14.3 Å². The molecular formula is C29H30O3. The van der Waals surface area contributed by atoms with Gasteiger partial charge in [0, 0.05) is 17.2 Å². The molecule has 0 N–H and O–H groups in total. The van der Waals surface area contributed by atoms with Gasteiger partial charge in [-0.3, -0.25) is 0 Å². The van der Waals surface area contributed by atoms with Crippen LogP contribution in [0.25, 0.3) is 6.08 Å². The highest BCUT2D eigenvalue weighted by molar-refractivity contribution is 5.87. The highest BCUT2D eigenvalue weighted by Crippen LogP contribution is 2.30. The van der Waals surface area contributed by atoms with E-state index in [1.807, 2.05) is 66.7 Å². The fraction of sp³-hybridized carbons (Fsp3) is 0.207. The average Bonchev–Trinajstić information content (AvgIpc) is 2.81. The number of hydrogen-bond acceptors (Lipinski definition) is 3. The molecule has 0 unspecified atom stereocenters. The lowest BCUT2D eigenvalue weighted by Crippen LogP contribution is -2.03. The minimum absolute atomic E-state index is 0.251. The van der Waals surface area contributed by atoms with Crippen LogP contribution in [0.2, 0.25) is 0 Å². The number of benzene rings is 3. The zero-order valence-corrected chi connectivity index (χ0v) is 19.0. The number of hydrogen-bond donors (Lipinski definition) is 0. The number of carbonyl (C=O) groups is 1. The summed E-state index contributed by atoms with van der Waals surface area (Å²) in [5.74, 6) is 0.424. The predicted octanol–water partition coefficient (Wildman–Crippen LogP) is 6.84. The van der Waals surface area contributed by atoms with Crippen molar-refractivity contribution in [1.29, 1.82) is 0 Å². The summed E-state index contributed by atoms with van der Waals surface area (Å²) in [6.07, 6.45) is 6.21. The summed E-state index contributed by atoms with van der Waals surface area (Å²) in [7, 11) is 0. The molecular weight excluding hydrogens is 396 g/mol. The molecule has 0 aliphatic rings. The Kier molecular flexibility index (Phi) is 8.44. The van der Waals surface area contributed by atoms with E-state index in [4.69, 9.17) is 9.47 Å². The van der Waals surface area contributed by atoms with Gasteiger partial charge in [-0.15, -0.1) is 0 Å². The van der Waals surface area contributed by atoms with Crippen molar-refractivity contribution in [3.63, 3.8) is 0 Å². The Morgan fingerprint density at radius 1 is 0.844 bits per heavy atom. The molecule has 0 aliphatic carbocycles. The van der Waals surface area contributed by atoms with Gasteiger partial charge in [0.25, 0.3) is 0 Å². The summed E-state index contributed by atoms with van der Waals surface area (Å²) in [5.41, 5.74) is 6.46. The number of rotatable bonds is 9. The summed E-state index contributed by atoms with van der Waals surface area (Å²) in [4.78, 5) is 12.3. The maximum atomic E-state index is 12.3. The Morgan fingerprint density at radius 3 is 2.09 bits per heavy atom. The second-order valence-electron chi connectivity index (χ2n) is 7.97. The quantitative estimate of drug-likeness (QED) is 0.213. The van der Waals surface area contributed by atoms with Crippen molar-refractivity contribution in [3.8, 4) is 5.75 Å². The third-order valence-electron chi connectivity index (χ3n) is 5.09. The van der Waals surface area contributed by atoms with E-state index < -0.39 is 0 Å². The molecule has 3 aromatic carbocycles. The third-order valence-corrected chi connectivity index (χ3v) is 5.09. The minimum Gasteiger partial charge on any atom is -0.488 e. The van der Waals surface area contributed by atoms with Gasteiger partial charge >= 0.3 is 5.97 Å². The number of ether oxygens (including phenoxy) is 2. The van der Waals surface area contributed by atoms with Crippen LogP contribution >= 0.6 is 0 Å². The first-order chi connectivity index (χ1) is 15.5. The maximum absolute atomic E-state index is 12.3. The molecule has 3 nitrogen and oxygen atoms in total. The molecule has 0 saturated carbocycles. The minimum atomic E-state index is -0.380. The molecule has 0 radical (unpaired) electrons. The smallest absolute Gasteiger partial charge is 0.331 e. The van der Waals surface area contributed by atoms with Crippen molar-refractivity contribution in [2.45, 2.75) is 40.4 Å². The van der Waals surface area contributed by atoms with E-state index >= 15 is 0 Å². The molecule has 3 rings (SSSR count). The number of esters is 1. The summed E-state index contributed by atoms with van der Waals surface area (Å²) in [6, 6.07) is 23.8. The van der Waals surface area contributed by atoms with E-state index in [0.717, 1.165) is 40.0 Å². The molecule has 0 spiro atoms. The predicted molar refractivity (Wildman–Crippen MR) is 130 cm³/mol. The van der Waals surface area contributed by atoms with E-state index in [0.29, 0.717) is 6.61 Å². The molecule has 0 atom stereocenters. The van der Waals surface area contributed by atoms with Crippen LogP contribution in [0.3, 0.4) is 0 Å². The van der Waals surface area contributed by atoms with Gasteiger partial charge in [0.2, 0.25) is 0 Å². The van der Waals surface area contributed by atoms with Gasteiger partial charge in [-0.1, -0.05) is 84.4 Å². The summed E-state index contributed by atoms with van der Waals surface area (Å²) in [6.45, 7) is 6.98. The fourth-order valence-electron chi connectivity index (χ4n) is 3.27. The summed E-state index contributed by atoms with van der Waals surface area (Å²) >= 11 is 0. The highest BCUT2D eigenvalue weighted by Gasteiger charge is 2.12. The Bertz CT molecular complexity index is 1080. The molecule has 0 heterocycles. The van der Waals surface area contributed by atoms with Crippen LogP contribution in [0.15, 0.2) is 90.5 Å². The molecule has 0 amide bonds. The van der Waals surface area contributed by atoms with Gasteiger partial charge in [-0.05, 0) is 50.0 Å². The molecule has 0 bridgehead atoms. The van der Waals surface area contributed by atoms with Gasteiger partial charge in [-0.25, -0.2) is 4.79 Å². The molecule has 0 aromatic heterocycles. The van der Waals surface area contributed by atoms with Gasteiger partial charge in [0.1, 0.15) is 19.0 Å². The standard InChI is InChI=1S/C29H30O3/c1-22(2)14-18-27-23(3)15-16-26(29(27)32-21-25-12-8-5-9-13-25)17-19-28(30)31-20-24-10-6-4-7-11-24/h4-17,19H,18,20-21H2,1-3H3/b19-17-. The first kappa shape index (κ1) is 23.1. The lowest BCUT2D eigenvalue weighted by molar-refractivity contribution is -0.138. The Morgan fingerprint density at radius 2 is 1.47 bits per heavy atom. The monoisotopic (exact) mass is 426 g/mol. The molecule has 164 valence electrons. The van der Waals surface area contributed by atoms with Crippen molar-refractivity contribution in [2.75, 3.05) is 0 Å². The Labute approximate surface area is 191 Å². The second-order valence-corrected chi connectivity index (χ2v) is 7.97. The van der Waals surface area contributed by atoms with Crippen LogP contribution in [0.5, 0.6) is 5.75 Å². The van der Waals surface area contributed by atoms with Gasteiger partial charge in [-0.2, -0.15) is 0 Å². The summed E-state index contributed by atoms with van der Waals surface area (Å²) < 4.78 is 11.7. The number of carbonyl (C=O) groups excluding carboxylic acids is 1. The van der Waals surface area contributed by atoms with Crippen LogP contribution < -0.4 is 4.74 Å². The van der Waals surface area contributed by atoms with Crippen LogP contribution in [-0.4, -0.2) is 5.97 Å². The van der Waals surface area contributed by atoms with Crippen molar-refractivity contribution >= 4 is 12.0 Å². The molecule has 0 aliphatic heterocycles. The third kappa shape index (κ3) is 6.98. The lowest BCUT2D eigenvalue weighted by Gasteiger charge is -2.16. The van der Waals surface area contributed by atoms with Gasteiger partial charge in [0.05, 0.1) is 0 Å². The van der Waals surface area contributed by atoms with E-state index in [-0.39, 0.29) is 12.6 Å². The van der Waals surface area contributed by atoms with E-state index in [9.17, 15) is 4.79 Å². The largest absolute Gasteiger partial charge is 0.488 e. The molecule has 0 fully saturated rings. The van der Waals surface area contributed by atoms with E-state index in [1.165, 1.54) is 11.6 Å². The van der Waals surface area contributed by atoms with Crippen molar-refractivity contribution in [1.82, 2.24) is 0 Å². The molecule has 3 heteroatoms. The normalized spacial score (nSPS) is 10.7. The Hall–Kier alpha value is -3.59. The van der Waals surface area contributed by atoms with Crippen LogP contribution in [0, 0.1) is 6.92 Å². The highest BCUT2D eigenvalue weighted by atomic mass is 16.5. The molecule has 0 saturated heterocycles. The van der Waals surface area contributed by atoms with Crippen LogP contribution in [-0.2, 0) is 29.2 Å². The number of aryl methyl sites for hydroxylation is 1. The fourth-order valence-corrected chi connectivity index (χ4v) is 3.27. The van der Waals surface area contributed by atoms with E-state index in [2.05, 4.69) is 32.9 Å². The van der Waals surface area contributed by atoms with Gasteiger partial charge < -0.3 is 9.47 Å². The second kappa shape index (κ2) is 11.7.